The molecule has 2 heterocycles. The van der Waals surface area contributed by atoms with Gasteiger partial charge in [0.15, 0.2) is 0 Å². The summed E-state index contributed by atoms with van der Waals surface area (Å²) in [6, 6.07) is 8.13. The number of thioether (sulfide) groups is 1. The van der Waals surface area contributed by atoms with Gasteiger partial charge in [-0.25, -0.2) is 4.79 Å². The lowest BCUT2D eigenvalue weighted by molar-refractivity contribution is -0.170. The number of nitrogens with zero attached hydrogens (tertiary/aromatic N) is 1. The van der Waals surface area contributed by atoms with E-state index < -0.39 is 27.7 Å². The van der Waals surface area contributed by atoms with E-state index in [0.29, 0.717) is 6.41 Å². The molecule has 24 heavy (non-hydrogen) atoms. The number of hydrogen-bond acceptors (Lipinski definition) is 5. The van der Waals surface area contributed by atoms with Crippen molar-refractivity contribution in [3.8, 4) is 0 Å². The molecule has 3 rings (SSSR count). The predicted octanol–water partition coefficient (Wildman–Crippen LogP) is 1.30. The Morgan fingerprint density at radius 3 is 2.62 bits per heavy atom. The summed E-state index contributed by atoms with van der Waals surface area (Å²) in [5.41, 5.74) is 0.896. The molecule has 2 saturated heterocycles. The minimum atomic E-state index is -0.673. The highest BCUT2D eigenvalue weighted by Gasteiger charge is 2.71. The van der Waals surface area contributed by atoms with Crippen LogP contribution in [0.25, 0.3) is 0 Å². The second-order valence-corrected chi connectivity index (χ2v) is 8.76. The average molecular weight is 348 g/mol. The Morgan fingerprint density at radius 2 is 2.00 bits per heavy atom. The van der Waals surface area contributed by atoms with Crippen molar-refractivity contribution < 1.29 is 19.1 Å². The summed E-state index contributed by atoms with van der Waals surface area (Å²) in [6.45, 7) is 5.88. The smallest absolute Gasteiger partial charge is 0.330 e. The highest BCUT2D eigenvalue weighted by Crippen LogP contribution is 2.58. The Balaban J connectivity index is 1.76. The zero-order chi connectivity index (χ0) is 17.5. The molecule has 1 aromatic rings. The standard InChI is InChI=1S/C17H20N2O4S/c1-16(2)13(15(22)23-9-11-7-5-4-6-8-11)19-14(21)12(18-10-20)17(19,3)24-16/h4-8,10,12-13H,9H2,1-3H3,(H,18,20)/t12-,13-,17?/m0/s1. The van der Waals surface area contributed by atoms with Crippen LogP contribution >= 0.6 is 11.8 Å². The number of hydrogen-bond donors (Lipinski definition) is 1. The molecule has 0 saturated carbocycles. The molecule has 0 aromatic heterocycles. The average Bonchev–Trinajstić information content (AvgIpc) is 2.74. The molecule has 1 unspecified atom stereocenters. The Labute approximate surface area is 144 Å². The maximum atomic E-state index is 12.7. The van der Waals surface area contributed by atoms with Crippen LogP contribution in [-0.2, 0) is 25.7 Å². The van der Waals surface area contributed by atoms with E-state index in [0.717, 1.165) is 5.56 Å². The molecule has 0 spiro atoms. The molecule has 2 fully saturated rings. The zero-order valence-electron chi connectivity index (χ0n) is 13.8. The maximum absolute atomic E-state index is 12.7. The first-order chi connectivity index (χ1) is 11.3. The lowest BCUT2D eigenvalue weighted by Gasteiger charge is -2.51. The lowest BCUT2D eigenvalue weighted by Crippen LogP contribution is -2.76. The number of rotatable bonds is 5. The first-order valence-corrected chi connectivity index (χ1v) is 8.56. The van der Waals surface area contributed by atoms with Gasteiger partial charge in [-0.15, -0.1) is 11.8 Å². The third kappa shape index (κ3) is 2.47. The second kappa shape index (κ2) is 5.81. The number of esters is 1. The SMILES string of the molecule is CC1(C)SC2(C)[C@@H](NC=O)C(=O)N2[C@H]1C(=O)OCc1ccccc1. The summed E-state index contributed by atoms with van der Waals surface area (Å²) in [6.07, 6.45) is 0.528. The normalized spacial score (nSPS) is 30.3. The van der Waals surface area contributed by atoms with Crippen molar-refractivity contribution in [2.75, 3.05) is 0 Å². The van der Waals surface area contributed by atoms with E-state index in [1.54, 1.807) is 4.90 Å². The van der Waals surface area contributed by atoms with Crippen LogP contribution in [0.1, 0.15) is 26.3 Å². The third-order valence-corrected chi connectivity index (χ3v) is 6.16. The molecule has 3 atom stereocenters. The van der Waals surface area contributed by atoms with E-state index in [-0.39, 0.29) is 12.5 Å². The fraction of sp³-hybridized carbons (Fsp3) is 0.471. The van der Waals surface area contributed by atoms with Crippen molar-refractivity contribution in [2.24, 2.45) is 0 Å². The molecule has 2 aliphatic heterocycles. The van der Waals surface area contributed by atoms with Crippen molar-refractivity contribution in [1.82, 2.24) is 10.2 Å². The fourth-order valence-electron chi connectivity index (χ4n) is 3.54. The van der Waals surface area contributed by atoms with Gasteiger partial charge in [-0.05, 0) is 26.3 Å². The maximum Gasteiger partial charge on any atom is 0.330 e. The molecule has 2 aliphatic rings. The van der Waals surface area contributed by atoms with Gasteiger partial charge < -0.3 is 15.0 Å². The van der Waals surface area contributed by atoms with Crippen LogP contribution in [0.15, 0.2) is 30.3 Å². The molecule has 0 bridgehead atoms. The molecule has 0 radical (unpaired) electrons. The van der Waals surface area contributed by atoms with Gasteiger partial charge in [0.25, 0.3) is 0 Å². The van der Waals surface area contributed by atoms with Gasteiger partial charge in [-0.1, -0.05) is 30.3 Å². The van der Waals surface area contributed by atoms with E-state index in [1.807, 2.05) is 51.1 Å². The van der Waals surface area contributed by atoms with Gasteiger partial charge in [0.2, 0.25) is 12.3 Å². The minimum absolute atomic E-state index is 0.172. The predicted molar refractivity (Wildman–Crippen MR) is 89.9 cm³/mol. The molecule has 1 aromatic carbocycles. The van der Waals surface area contributed by atoms with E-state index in [2.05, 4.69) is 5.32 Å². The first-order valence-electron chi connectivity index (χ1n) is 7.75. The summed E-state index contributed by atoms with van der Waals surface area (Å²) in [7, 11) is 0. The lowest BCUT2D eigenvalue weighted by atomic mass is 9.89. The van der Waals surface area contributed by atoms with E-state index >= 15 is 0 Å². The number of nitrogens with one attached hydrogen (secondary N) is 1. The van der Waals surface area contributed by atoms with Crippen molar-refractivity contribution in [3.63, 3.8) is 0 Å². The summed E-state index contributed by atoms with van der Waals surface area (Å²) in [5, 5.41) is 2.55. The molecule has 6 nitrogen and oxygen atoms in total. The van der Waals surface area contributed by atoms with Crippen LogP contribution < -0.4 is 5.32 Å². The molecule has 2 amide bonds. The number of carbonyl (C=O) groups is 3. The highest BCUT2D eigenvalue weighted by atomic mass is 32.2. The van der Waals surface area contributed by atoms with Crippen molar-refractivity contribution in [2.45, 2.75) is 49.1 Å². The first kappa shape index (κ1) is 16.8. The fourth-order valence-corrected chi connectivity index (χ4v) is 5.50. The minimum Gasteiger partial charge on any atom is -0.459 e. The number of amides is 2. The molecular weight excluding hydrogens is 328 g/mol. The van der Waals surface area contributed by atoms with E-state index in [1.165, 1.54) is 11.8 Å². The molecule has 0 aliphatic carbocycles. The number of carbonyl (C=O) groups excluding carboxylic acids is 3. The Bertz CT molecular complexity index is 678. The monoisotopic (exact) mass is 348 g/mol. The topological polar surface area (TPSA) is 75.7 Å². The quantitative estimate of drug-likeness (QED) is 0.493. The summed E-state index contributed by atoms with van der Waals surface area (Å²) < 4.78 is 4.95. The van der Waals surface area contributed by atoms with Gasteiger partial charge in [-0.3, -0.25) is 9.59 Å². The molecular formula is C17H20N2O4S. The van der Waals surface area contributed by atoms with Gasteiger partial charge in [-0.2, -0.15) is 0 Å². The number of β-lactam (4-membered cyclic amide) rings is 1. The second-order valence-electron chi connectivity index (χ2n) is 6.68. The zero-order valence-corrected chi connectivity index (χ0v) is 14.6. The summed E-state index contributed by atoms with van der Waals surface area (Å²) >= 11 is 1.51. The molecule has 128 valence electrons. The molecule has 1 N–H and O–H groups in total. The van der Waals surface area contributed by atoms with Crippen LogP contribution in [0.2, 0.25) is 0 Å². The van der Waals surface area contributed by atoms with E-state index in [4.69, 9.17) is 4.74 Å². The largest absolute Gasteiger partial charge is 0.459 e. The van der Waals surface area contributed by atoms with Crippen molar-refractivity contribution in [3.05, 3.63) is 35.9 Å². The molecule has 7 heteroatoms. The van der Waals surface area contributed by atoms with Crippen molar-refractivity contribution in [1.29, 1.82) is 0 Å². The van der Waals surface area contributed by atoms with Gasteiger partial charge in [0, 0.05) is 4.75 Å². The van der Waals surface area contributed by atoms with Crippen LogP contribution in [0, 0.1) is 0 Å². The van der Waals surface area contributed by atoms with Crippen LogP contribution in [0.3, 0.4) is 0 Å². The number of ether oxygens (including phenoxy) is 1. The Kier molecular flexibility index (Phi) is 4.07. The van der Waals surface area contributed by atoms with E-state index in [9.17, 15) is 14.4 Å². The van der Waals surface area contributed by atoms with Crippen LogP contribution in [0.5, 0.6) is 0 Å². The Morgan fingerprint density at radius 1 is 1.33 bits per heavy atom. The van der Waals surface area contributed by atoms with Crippen molar-refractivity contribution >= 4 is 30.0 Å². The Hall–Kier alpha value is -2.02. The van der Waals surface area contributed by atoms with Crippen LogP contribution in [0.4, 0.5) is 0 Å². The number of fused-ring (bicyclic) bond motifs is 1. The van der Waals surface area contributed by atoms with Gasteiger partial charge in [0.1, 0.15) is 23.6 Å². The third-order valence-electron chi connectivity index (χ3n) is 4.57. The van der Waals surface area contributed by atoms with Gasteiger partial charge >= 0.3 is 5.97 Å². The van der Waals surface area contributed by atoms with Gasteiger partial charge in [0.05, 0.1) is 0 Å². The highest BCUT2D eigenvalue weighted by molar-refractivity contribution is 8.02. The number of benzene rings is 1. The summed E-state index contributed by atoms with van der Waals surface area (Å²) in [5.74, 6) is -0.665. The van der Waals surface area contributed by atoms with Crippen LogP contribution in [-0.4, -0.2) is 44.9 Å². The summed E-state index contributed by atoms with van der Waals surface area (Å²) in [4.78, 5) is 36.7.